The van der Waals surface area contributed by atoms with Gasteiger partial charge in [0.1, 0.15) is 0 Å². The van der Waals surface area contributed by atoms with E-state index in [9.17, 15) is 0 Å². The highest BCUT2D eigenvalue weighted by Crippen LogP contribution is 2.43. The van der Waals surface area contributed by atoms with Crippen molar-refractivity contribution in [3.63, 3.8) is 0 Å². The van der Waals surface area contributed by atoms with Gasteiger partial charge in [-0.2, -0.15) is 0 Å². The third-order valence-electron chi connectivity index (χ3n) is 5.63. The SMILES string of the molecule is CN=C(NCC1CCCCO1)N1CCC2(CCCCC2)C1.I. The summed E-state index contributed by atoms with van der Waals surface area (Å²) in [5.41, 5.74) is 0.594. The zero-order chi connectivity index (χ0) is 14.5. The molecule has 3 fully saturated rings. The van der Waals surface area contributed by atoms with Crippen molar-refractivity contribution in [1.82, 2.24) is 10.2 Å². The average molecular weight is 421 g/mol. The average Bonchev–Trinajstić information content (AvgIpc) is 2.93. The van der Waals surface area contributed by atoms with Gasteiger partial charge in [0.25, 0.3) is 0 Å². The predicted octanol–water partition coefficient (Wildman–Crippen LogP) is 3.41. The molecule has 2 saturated heterocycles. The number of aliphatic imine (C=N–C) groups is 1. The monoisotopic (exact) mass is 421 g/mol. The summed E-state index contributed by atoms with van der Waals surface area (Å²) in [6.07, 6.45) is 12.6. The maximum absolute atomic E-state index is 5.81. The summed E-state index contributed by atoms with van der Waals surface area (Å²) < 4.78 is 5.81. The van der Waals surface area contributed by atoms with Crippen LogP contribution in [-0.2, 0) is 4.74 Å². The van der Waals surface area contributed by atoms with Gasteiger partial charge in [0.15, 0.2) is 5.96 Å². The number of hydrogen-bond donors (Lipinski definition) is 1. The molecular formula is C17H32IN3O. The van der Waals surface area contributed by atoms with Crippen LogP contribution in [-0.4, -0.2) is 50.3 Å². The Kier molecular flexibility index (Phi) is 7.25. The number of rotatable bonds is 2. The van der Waals surface area contributed by atoms with E-state index in [0.717, 1.165) is 19.1 Å². The molecule has 2 aliphatic heterocycles. The Morgan fingerprint density at radius 1 is 1.18 bits per heavy atom. The first kappa shape index (κ1) is 18.3. The van der Waals surface area contributed by atoms with Crippen LogP contribution in [0, 0.1) is 5.41 Å². The number of nitrogens with zero attached hydrogens (tertiary/aromatic N) is 2. The van der Waals surface area contributed by atoms with Crippen LogP contribution in [0.1, 0.15) is 57.8 Å². The highest BCUT2D eigenvalue weighted by Gasteiger charge is 2.39. The quantitative estimate of drug-likeness (QED) is 0.422. The fraction of sp³-hybridized carbons (Fsp3) is 0.941. The van der Waals surface area contributed by atoms with Crippen molar-refractivity contribution in [3.05, 3.63) is 0 Å². The number of guanidine groups is 1. The molecule has 3 rings (SSSR count). The summed E-state index contributed by atoms with van der Waals surface area (Å²) in [6, 6.07) is 0. The Hall–Kier alpha value is -0.0400. The van der Waals surface area contributed by atoms with E-state index in [2.05, 4.69) is 15.2 Å². The van der Waals surface area contributed by atoms with Crippen molar-refractivity contribution in [2.24, 2.45) is 10.4 Å². The second-order valence-electron chi connectivity index (χ2n) is 7.15. The van der Waals surface area contributed by atoms with Crippen molar-refractivity contribution in [2.45, 2.75) is 63.9 Å². The third kappa shape index (κ3) is 4.49. The van der Waals surface area contributed by atoms with Crippen LogP contribution in [0.5, 0.6) is 0 Å². The molecule has 2 heterocycles. The van der Waals surface area contributed by atoms with Gasteiger partial charge >= 0.3 is 0 Å². The molecular weight excluding hydrogens is 389 g/mol. The topological polar surface area (TPSA) is 36.9 Å². The van der Waals surface area contributed by atoms with E-state index in [-0.39, 0.29) is 24.0 Å². The summed E-state index contributed by atoms with van der Waals surface area (Å²) in [4.78, 5) is 6.99. The Morgan fingerprint density at radius 2 is 2.00 bits per heavy atom. The standard InChI is InChI=1S/C17H31N3O.HI/c1-18-16(19-13-15-7-3-6-12-21-15)20-11-10-17(14-20)8-4-2-5-9-17;/h15H,2-14H2,1H3,(H,18,19);1H. The Morgan fingerprint density at radius 3 is 2.68 bits per heavy atom. The molecule has 0 aromatic rings. The molecule has 0 aromatic heterocycles. The van der Waals surface area contributed by atoms with Gasteiger partial charge in [-0.1, -0.05) is 19.3 Å². The van der Waals surface area contributed by atoms with Gasteiger partial charge in [-0.05, 0) is 43.9 Å². The second-order valence-corrected chi connectivity index (χ2v) is 7.15. The van der Waals surface area contributed by atoms with E-state index >= 15 is 0 Å². The van der Waals surface area contributed by atoms with Gasteiger partial charge in [0.05, 0.1) is 6.10 Å². The summed E-state index contributed by atoms with van der Waals surface area (Å²) in [5, 5.41) is 3.55. The fourth-order valence-electron chi connectivity index (χ4n) is 4.33. The highest BCUT2D eigenvalue weighted by molar-refractivity contribution is 14.0. The number of likely N-dealkylation sites (tertiary alicyclic amines) is 1. The molecule has 0 aromatic carbocycles. The molecule has 1 spiro atoms. The van der Waals surface area contributed by atoms with Crippen LogP contribution in [0.2, 0.25) is 0 Å². The van der Waals surface area contributed by atoms with Crippen LogP contribution in [0.3, 0.4) is 0 Å². The second kappa shape index (κ2) is 8.71. The molecule has 4 nitrogen and oxygen atoms in total. The lowest BCUT2D eigenvalue weighted by Gasteiger charge is -2.34. The van der Waals surface area contributed by atoms with E-state index in [4.69, 9.17) is 4.74 Å². The van der Waals surface area contributed by atoms with Crippen molar-refractivity contribution in [3.8, 4) is 0 Å². The number of hydrogen-bond acceptors (Lipinski definition) is 2. The molecule has 1 N–H and O–H groups in total. The molecule has 0 bridgehead atoms. The van der Waals surface area contributed by atoms with Gasteiger partial charge < -0.3 is 15.0 Å². The zero-order valence-corrected chi connectivity index (χ0v) is 16.3. The summed E-state index contributed by atoms with van der Waals surface area (Å²) in [7, 11) is 1.91. The minimum atomic E-state index is 0. The van der Waals surface area contributed by atoms with Gasteiger partial charge in [-0.25, -0.2) is 0 Å². The minimum Gasteiger partial charge on any atom is -0.376 e. The molecule has 128 valence electrons. The highest BCUT2D eigenvalue weighted by atomic mass is 127. The normalized spacial score (nSPS) is 28.5. The van der Waals surface area contributed by atoms with Crippen LogP contribution < -0.4 is 5.32 Å². The molecule has 0 radical (unpaired) electrons. The largest absolute Gasteiger partial charge is 0.376 e. The van der Waals surface area contributed by atoms with Crippen molar-refractivity contribution < 1.29 is 4.74 Å². The molecule has 0 amide bonds. The smallest absolute Gasteiger partial charge is 0.193 e. The Labute approximate surface area is 152 Å². The third-order valence-corrected chi connectivity index (χ3v) is 5.63. The molecule has 1 unspecified atom stereocenters. The summed E-state index contributed by atoms with van der Waals surface area (Å²) in [5.74, 6) is 1.09. The van der Waals surface area contributed by atoms with Crippen molar-refractivity contribution in [2.75, 3.05) is 33.3 Å². The van der Waals surface area contributed by atoms with Crippen molar-refractivity contribution >= 4 is 29.9 Å². The predicted molar refractivity (Wildman–Crippen MR) is 102 cm³/mol. The first-order valence-electron chi connectivity index (χ1n) is 8.89. The van der Waals surface area contributed by atoms with E-state index in [0.29, 0.717) is 11.5 Å². The molecule has 5 heteroatoms. The summed E-state index contributed by atoms with van der Waals surface area (Å²) in [6.45, 7) is 4.22. The molecule has 1 atom stereocenters. The molecule has 3 aliphatic rings. The molecule has 1 saturated carbocycles. The van der Waals surface area contributed by atoms with Gasteiger partial charge in [-0.3, -0.25) is 4.99 Å². The maximum atomic E-state index is 5.81. The van der Waals surface area contributed by atoms with Crippen LogP contribution in [0.15, 0.2) is 4.99 Å². The zero-order valence-electron chi connectivity index (χ0n) is 14.0. The number of halogens is 1. The van der Waals surface area contributed by atoms with Gasteiger partial charge in [0.2, 0.25) is 0 Å². The first-order chi connectivity index (χ1) is 10.3. The lowest BCUT2D eigenvalue weighted by molar-refractivity contribution is 0.0191. The maximum Gasteiger partial charge on any atom is 0.193 e. The van der Waals surface area contributed by atoms with Crippen molar-refractivity contribution in [1.29, 1.82) is 0 Å². The first-order valence-corrected chi connectivity index (χ1v) is 8.89. The Balaban J connectivity index is 0.00000176. The van der Waals surface area contributed by atoms with Gasteiger partial charge in [0, 0.05) is 33.3 Å². The summed E-state index contributed by atoms with van der Waals surface area (Å²) >= 11 is 0. The van der Waals surface area contributed by atoms with E-state index < -0.39 is 0 Å². The number of ether oxygens (including phenoxy) is 1. The van der Waals surface area contributed by atoms with Crippen LogP contribution in [0.25, 0.3) is 0 Å². The van der Waals surface area contributed by atoms with Gasteiger partial charge in [-0.15, -0.1) is 24.0 Å². The lowest BCUT2D eigenvalue weighted by atomic mass is 9.73. The van der Waals surface area contributed by atoms with Crippen LogP contribution in [0.4, 0.5) is 0 Å². The number of nitrogens with one attached hydrogen (secondary N) is 1. The van der Waals surface area contributed by atoms with Crippen LogP contribution >= 0.6 is 24.0 Å². The van der Waals surface area contributed by atoms with E-state index in [1.807, 2.05) is 7.05 Å². The minimum absolute atomic E-state index is 0. The van der Waals surface area contributed by atoms with E-state index in [1.165, 1.54) is 70.9 Å². The Bertz CT molecular complexity index is 363. The molecule has 22 heavy (non-hydrogen) atoms. The molecule has 1 aliphatic carbocycles. The lowest BCUT2D eigenvalue weighted by Crippen LogP contribution is -2.45. The fourth-order valence-corrected chi connectivity index (χ4v) is 4.33. The van der Waals surface area contributed by atoms with E-state index in [1.54, 1.807) is 0 Å².